The quantitative estimate of drug-likeness (QED) is 0.932. The van der Waals surface area contributed by atoms with Crippen LogP contribution in [0.15, 0.2) is 24.4 Å². The standard InChI is InChI=1S/C16H19N3O2/c1-3-18-10-19(9-15(18)21)14(20)7-12-8-17-16-11(2)5-4-6-13(12)16/h4-6,8,17H,3,7,9-10H2,1-2H3. The number of carbonyl (C=O) groups is 2. The average Bonchev–Trinajstić information content (AvgIpc) is 3.04. The van der Waals surface area contributed by atoms with Crippen molar-refractivity contribution in [2.24, 2.45) is 0 Å². The molecule has 0 bridgehead atoms. The maximum absolute atomic E-state index is 12.4. The van der Waals surface area contributed by atoms with Crippen LogP contribution in [0, 0.1) is 6.92 Å². The lowest BCUT2D eigenvalue weighted by Gasteiger charge is -2.16. The number of rotatable bonds is 3. The van der Waals surface area contributed by atoms with E-state index in [1.807, 2.05) is 38.2 Å². The van der Waals surface area contributed by atoms with E-state index in [2.05, 4.69) is 4.98 Å². The Morgan fingerprint density at radius 3 is 2.90 bits per heavy atom. The molecule has 0 saturated carbocycles. The van der Waals surface area contributed by atoms with E-state index in [1.54, 1.807) is 9.80 Å². The highest BCUT2D eigenvalue weighted by molar-refractivity contribution is 5.93. The normalized spacial score (nSPS) is 15.2. The first-order valence-electron chi connectivity index (χ1n) is 7.21. The van der Waals surface area contributed by atoms with Gasteiger partial charge in [0.05, 0.1) is 13.1 Å². The third-order valence-corrected chi connectivity index (χ3v) is 4.11. The van der Waals surface area contributed by atoms with Crippen molar-refractivity contribution in [3.8, 4) is 0 Å². The van der Waals surface area contributed by atoms with Gasteiger partial charge in [0.15, 0.2) is 0 Å². The highest BCUT2D eigenvalue weighted by Gasteiger charge is 2.29. The molecule has 1 aliphatic rings. The van der Waals surface area contributed by atoms with E-state index < -0.39 is 0 Å². The second-order valence-electron chi connectivity index (χ2n) is 5.47. The molecule has 1 N–H and O–H groups in total. The van der Waals surface area contributed by atoms with Crippen LogP contribution in [0.5, 0.6) is 0 Å². The molecule has 1 fully saturated rings. The number of nitrogens with zero attached hydrogens (tertiary/aromatic N) is 2. The number of H-pyrrole nitrogens is 1. The number of hydrogen-bond donors (Lipinski definition) is 1. The topological polar surface area (TPSA) is 56.4 Å². The molecule has 2 heterocycles. The van der Waals surface area contributed by atoms with Gasteiger partial charge >= 0.3 is 0 Å². The zero-order valence-electron chi connectivity index (χ0n) is 12.3. The van der Waals surface area contributed by atoms with Gasteiger partial charge in [0.25, 0.3) is 0 Å². The molecule has 2 amide bonds. The summed E-state index contributed by atoms with van der Waals surface area (Å²) in [6.45, 7) is 5.23. The van der Waals surface area contributed by atoms with Gasteiger partial charge in [-0.2, -0.15) is 0 Å². The van der Waals surface area contributed by atoms with Crippen molar-refractivity contribution in [1.82, 2.24) is 14.8 Å². The molecule has 0 spiro atoms. The number of hydrogen-bond acceptors (Lipinski definition) is 2. The second-order valence-corrected chi connectivity index (χ2v) is 5.47. The minimum Gasteiger partial charge on any atom is -0.361 e. The lowest BCUT2D eigenvalue weighted by Crippen LogP contribution is -2.32. The molecule has 5 heteroatoms. The van der Waals surface area contributed by atoms with Crippen LogP contribution < -0.4 is 0 Å². The Hall–Kier alpha value is -2.30. The summed E-state index contributed by atoms with van der Waals surface area (Å²) in [7, 11) is 0. The van der Waals surface area contributed by atoms with E-state index in [0.29, 0.717) is 19.6 Å². The zero-order chi connectivity index (χ0) is 15.0. The molecule has 3 rings (SSSR count). The summed E-state index contributed by atoms with van der Waals surface area (Å²) in [6.07, 6.45) is 2.22. The summed E-state index contributed by atoms with van der Waals surface area (Å²) in [5, 5.41) is 1.08. The van der Waals surface area contributed by atoms with Gasteiger partial charge in [-0.1, -0.05) is 18.2 Å². The molecule has 1 aliphatic heterocycles. The number of aromatic nitrogens is 1. The lowest BCUT2D eigenvalue weighted by atomic mass is 10.1. The van der Waals surface area contributed by atoms with Crippen LogP contribution in [0.2, 0.25) is 0 Å². The SMILES string of the molecule is CCN1CN(C(=O)Cc2c[nH]c3c(C)cccc23)CC1=O. The maximum atomic E-state index is 12.4. The van der Waals surface area contributed by atoms with Gasteiger partial charge in [-0.25, -0.2) is 0 Å². The van der Waals surface area contributed by atoms with E-state index >= 15 is 0 Å². The molecule has 5 nitrogen and oxygen atoms in total. The van der Waals surface area contributed by atoms with Crippen molar-refractivity contribution < 1.29 is 9.59 Å². The molecular weight excluding hydrogens is 266 g/mol. The van der Waals surface area contributed by atoms with E-state index in [4.69, 9.17) is 0 Å². The molecule has 21 heavy (non-hydrogen) atoms. The zero-order valence-corrected chi connectivity index (χ0v) is 12.3. The molecule has 1 aromatic heterocycles. The van der Waals surface area contributed by atoms with Gasteiger partial charge in [0.1, 0.15) is 6.54 Å². The Labute approximate surface area is 123 Å². The minimum absolute atomic E-state index is 0.00158. The number of aryl methyl sites for hydroxylation is 1. The van der Waals surface area contributed by atoms with Crippen LogP contribution in [-0.4, -0.2) is 46.4 Å². The molecule has 1 aromatic carbocycles. The summed E-state index contributed by atoms with van der Waals surface area (Å²) in [6, 6.07) is 6.06. The van der Waals surface area contributed by atoms with Crippen molar-refractivity contribution in [3.05, 3.63) is 35.5 Å². The Morgan fingerprint density at radius 2 is 2.19 bits per heavy atom. The Morgan fingerprint density at radius 1 is 1.38 bits per heavy atom. The van der Waals surface area contributed by atoms with E-state index in [0.717, 1.165) is 16.5 Å². The van der Waals surface area contributed by atoms with Crippen LogP contribution in [0.3, 0.4) is 0 Å². The first kappa shape index (κ1) is 13.7. The molecular formula is C16H19N3O2. The summed E-state index contributed by atoms with van der Waals surface area (Å²) >= 11 is 0. The number of aromatic amines is 1. The lowest BCUT2D eigenvalue weighted by molar-refractivity contribution is -0.131. The van der Waals surface area contributed by atoms with Crippen LogP contribution in [0.25, 0.3) is 10.9 Å². The summed E-state index contributed by atoms with van der Waals surface area (Å²) in [5.41, 5.74) is 3.23. The van der Waals surface area contributed by atoms with Crippen molar-refractivity contribution in [2.45, 2.75) is 20.3 Å². The van der Waals surface area contributed by atoms with Gasteiger partial charge in [-0.05, 0) is 25.0 Å². The maximum Gasteiger partial charge on any atom is 0.243 e. The fraction of sp³-hybridized carbons (Fsp3) is 0.375. The number of para-hydroxylation sites is 1. The van der Waals surface area contributed by atoms with Gasteiger partial charge in [-0.15, -0.1) is 0 Å². The third-order valence-electron chi connectivity index (χ3n) is 4.11. The Balaban J connectivity index is 1.78. The van der Waals surface area contributed by atoms with Gasteiger partial charge in [0.2, 0.25) is 11.8 Å². The second kappa shape index (κ2) is 5.24. The highest BCUT2D eigenvalue weighted by atomic mass is 16.2. The molecule has 0 radical (unpaired) electrons. The predicted molar refractivity (Wildman–Crippen MR) is 80.7 cm³/mol. The fourth-order valence-corrected chi connectivity index (χ4v) is 2.83. The third kappa shape index (κ3) is 2.39. The molecule has 2 aromatic rings. The molecule has 0 atom stereocenters. The van der Waals surface area contributed by atoms with E-state index in [9.17, 15) is 9.59 Å². The van der Waals surface area contributed by atoms with Crippen molar-refractivity contribution in [2.75, 3.05) is 19.8 Å². The molecule has 1 saturated heterocycles. The molecule has 0 unspecified atom stereocenters. The van der Waals surface area contributed by atoms with Crippen LogP contribution >= 0.6 is 0 Å². The summed E-state index contributed by atoms with van der Waals surface area (Å²) in [4.78, 5) is 30.6. The summed E-state index contributed by atoms with van der Waals surface area (Å²) in [5.74, 6) is 0.0299. The van der Waals surface area contributed by atoms with Crippen LogP contribution in [0.1, 0.15) is 18.1 Å². The van der Waals surface area contributed by atoms with Crippen molar-refractivity contribution >= 4 is 22.7 Å². The van der Waals surface area contributed by atoms with Gasteiger partial charge in [-0.3, -0.25) is 9.59 Å². The fourth-order valence-electron chi connectivity index (χ4n) is 2.83. The number of benzene rings is 1. The largest absolute Gasteiger partial charge is 0.361 e. The monoisotopic (exact) mass is 285 g/mol. The minimum atomic E-state index is 0.00158. The predicted octanol–water partition coefficient (Wildman–Crippen LogP) is 1.67. The molecule has 0 aliphatic carbocycles. The van der Waals surface area contributed by atoms with E-state index in [1.165, 1.54) is 5.56 Å². The van der Waals surface area contributed by atoms with Crippen molar-refractivity contribution in [1.29, 1.82) is 0 Å². The average molecular weight is 285 g/mol. The number of likely N-dealkylation sites (N-methyl/N-ethyl adjacent to an activating group) is 1. The number of fused-ring (bicyclic) bond motifs is 1. The van der Waals surface area contributed by atoms with Crippen molar-refractivity contribution in [3.63, 3.8) is 0 Å². The van der Waals surface area contributed by atoms with Crippen LogP contribution in [-0.2, 0) is 16.0 Å². The van der Waals surface area contributed by atoms with Gasteiger partial charge < -0.3 is 14.8 Å². The Kier molecular flexibility index (Phi) is 3.41. The number of amides is 2. The van der Waals surface area contributed by atoms with Crippen LogP contribution in [0.4, 0.5) is 0 Å². The summed E-state index contributed by atoms with van der Waals surface area (Å²) < 4.78 is 0. The number of nitrogens with one attached hydrogen (secondary N) is 1. The number of carbonyl (C=O) groups excluding carboxylic acids is 2. The molecule has 110 valence electrons. The Bertz CT molecular complexity index is 705. The van der Waals surface area contributed by atoms with Gasteiger partial charge in [0, 0.05) is 23.6 Å². The highest BCUT2D eigenvalue weighted by Crippen LogP contribution is 2.22. The first-order valence-corrected chi connectivity index (χ1v) is 7.21. The van der Waals surface area contributed by atoms with E-state index in [-0.39, 0.29) is 18.4 Å². The smallest absolute Gasteiger partial charge is 0.243 e. The first-order chi connectivity index (χ1) is 10.1.